The fourth-order valence-electron chi connectivity index (χ4n) is 2.30. The standard InChI is InChI=1S/C19H23ClO/c1-13-5-8-15(12-17(13)20)18(21)11-14-6-9-16(10-7-14)19(2,3)4/h5-10,12,18,21H,11H2,1-4H3. The maximum absolute atomic E-state index is 10.4. The van der Waals surface area contributed by atoms with Gasteiger partial charge in [-0.3, -0.25) is 0 Å². The van der Waals surface area contributed by atoms with Crippen LogP contribution in [-0.4, -0.2) is 5.11 Å². The first-order chi connectivity index (χ1) is 9.77. The Kier molecular flexibility index (Phi) is 4.75. The van der Waals surface area contributed by atoms with Gasteiger partial charge in [0.25, 0.3) is 0 Å². The zero-order chi connectivity index (χ0) is 15.6. The van der Waals surface area contributed by atoms with E-state index in [-0.39, 0.29) is 5.41 Å². The Labute approximate surface area is 132 Å². The first kappa shape index (κ1) is 16.1. The van der Waals surface area contributed by atoms with Gasteiger partial charge >= 0.3 is 0 Å². The molecule has 0 saturated carbocycles. The van der Waals surface area contributed by atoms with Gasteiger partial charge < -0.3 is 5.11 Å². The molecule has 0 heterocycles. The molecule has 0 aromatic heterocycles. The highest BCUT2D eigenvalue weighted by molar-refractivity contribution is 6.31. The largest absolute Gasteiger partial charge is 0.388 e. The lowest BCUT2D eigenvalue weighted by molar-refractivity contribution is 0.178. The van der Waals surface area contributed by atoms with Crippen LogP contribution in [0.3, 0.4) is 0 Å². The fourth-order valence-corrected chi connectivity index (χ4v) is 2.49. The van der Waals surface area contributed by atoms with Gasteiger partial charge in [0, 0.05) is 11.4 Å². The van der Waals surface area contributed by atoms with E-state index < -0.39 is 6.10 Å². The number of aryl methyl sites for hydroxylation is 1. The second-order valence-electron chi connectivity index (χ2n) is 6.68. The fraction of sp³-hybridized carbons (Fsp3) is 0.368. The van der Waals surface area contributed by atoms with E-state index in [1.54, 1.807) is 0 Å². The third-order valence-electron chi connectivity index (χ3n) is 3.83. The number of aliphatic hydroxyl groups excluding tert-OH is 1. The van der Waals surface area contributed by atoms with Crippen molar-refractivity contribution in [1.82, 2.24) is 0 Å². The Hall–Kier alpha value is -1.31. The van der Waals surface area contributed by atoms with Gasteiger partial charge in [0.2, 0.25) is 0 Å². The molecule has 1 unspecified atom stereocenters. The molecule has 0 amide bonds. The molecule has 2 aromatic rings. The summed E-state index contributed by atoms with van der Waals surface area (Å²) >= 11 is 6.12. The van der Waals surface area contributed by atoms with E-state index in [0.717, 1.165) is 16.7 Å². The quantitative estimate of drug-likeness (QED) is 0.824. The SMILES string of the molecule is Cc1ccc(C(O)Cc2ccc(C(C)(C)C)cc2)cc1Cl. The monoisotopic (exact) mass is 302 g/mol. The third kappa shape index (κ3) is 4.09. The van der Waals surface area contributed by atoms with Crippen molar-refractivity contribution in [1.29, 1.82) is 0 Å². The molecule has 0 spiro atoms. The van der Waals surface area contributed by atoms with Crippen molar-refractivity contribution >= 4 is 11.6 Å². The van der Waals surface area contributed by atoms with Crippen molar-refractivity contribution in [2.45, 2.75) is 45.6 Å². The first-order valence-corrected chi connectivity index (χ1v) is 7.69. The molecule has 1 atom stereocenters. The van der Waals surface area contributed by atoms with Crippen molar-refractivity contribution in [2.75, 3.05) is 0 Å². The van der Waals surface area contributed by atoms with E-state index in [2.05, 4.69) is 45.0 Å². The molecule has 0 radical (unpaired) electrons. The Morgan fingerprint density at radius 2 is 1.67 bits per heavy atom. The maximum atomic E-state index is 10.4. The van der Waals surface area contributed by atoms with E-state index in [4.69, 9.17) is 11.6 Å². The minimum Gasteiger partial charge on any atom is -0.388 e. The molecule has 0 aliphatic carbocycles. The Bertz CT molecular complexity index is 608. The normalized spacial score (nSPS) is 13.2. The van der Waals surface area contributed by atoms with Crippen LogP contribution in [0.5, 0.6) is 0 Å². The zero-order valence-electron chi connectivity index (χ0n) is 13.2. The van der Waals surface area contributed by atoms with Gasteiger partial charge in [0.05, 0.1) is 6.10 Å². The number of halogens is 1. The molecule has 0 aliphatic rings. The lowest BCUT2D eigenvalue weighted by Gasteiger charge is -2.19. The van der Waals surface area contributed by atoms with E-state index in [1.807, 2.05) is 25.1 Å². The van der Waals surface area contributed by atoms with E-state index in [9.17, 15) is 5.11 Å². The van der Waals surface area contributed by atoms with Gasteiger partial charge in [-0.15, -0.1) is 0 Å². The van der Waals surface area contributed by atoms with Crippen LogP contribution in [0.15, 0.2) is 42.5 Å². The van der Waals surface area contributed by atoms with Crippen molar-refractivity contribution in [3.05, 3.63) is 69.7 Å². The zero-order valence-corrected chi connectivity index (χ0v) is 13.9. The molecule has 0 aliphatic heterocycles. The van der Waals surface area contributed by atoms with Gasteiger partial charge in [0.1, 0.15) is 0 Å². The summed E-state index contributed by atoms with van der Waals surface area (Å²) in [6, 6.07) is 14.2. The molecule has 2 aromatic carbocycles. The van der Waals surface area contributed by atoms with Crippen LogP contribution in [0.2, 0.25) is 5.02 Å². The van der Waals surface area contributed by atoms with Crippen LogP contribution in [0, 0.1) is 6.92 Å². The average Bonchev–Trinajstić information content (AvgIpc) is 2.41. The summed E-state index contributed by atoms with van der Waals surface area (Å²) in [5.41, 5.74) is 4.49. The lowest BCUT2D eigenvalue weighted by atomic mass is 9.86. The molecule has 0 saturated heterocycles. The van der Waals surface area contributed by atoms with Crippen LogP contribution in [0.25, 0.3) is 0 Å². The first-order valence-electron chi connectivity index (χ1n) is 7.31. The summed E-state index contributed by atoms with van der Waals surface area (Å²) in [6.07, 6.45) is 0.0765. The predicted molar refractivity (Wildman–Crippen MR) is 90.0 cm³/mol. The number of rotatable bonds is 3. The molecule has 0 bridgehead atoms. The summed E-state index contributed by atoms with van der Waals surface area (Å²) in [5.74, 6) is 0. The molecule has 2 rings (SSSR count). The van der Waals surface area contributed by atoms with E-state index in [0.29, 0.717) is 11.4 Å². The topological polar surface area (TPSA) is 20.2 Å². The van der Waals surface area contributed by atoms with Crippen molar-refractivity contribution in [3.63, 3.8) is 0 Å². The number of aliphatic hydroxyl groups is 1. The molecule has 21 heavy (non-hydrogen) atoms. The number of hydrogen-bond acceptors (Lipinski definition) is 1. The summed E-state index contributed by atoms with van der Waals surface area (Å²) in [7, 11) is 0. The summed E-state index contributed by atoms with van der Waals surface area (Å²) < 4.78 is 0. The van der Waals surface area contributed by atoms with Gasteiger partial charge in [0.15, 0.2) is 0 Å². The van der Waals surface area contributed by atoms with Gasteiger partial charge in [-0.1, -0.05) is 68.8 Å². The van der Waals surface area contributed by atoms with Crippen LogP contribution >= 0.6 is 11.6 Å². The smallest absolute Gasteiger partial charge is 0.0830 e. The second kappa shape index (κ2) is 6.21. The highest BCUT2D eigenvalue weighted by Crippen LogP contribution is 2.26. The predicted octanol–water partition coefficient (Wildman–Crippen LogP) is 5.22. The average molecular weight is 303 g/mol. The number of benzene rings is 2. The van der Waals surface area contributed by atoms with Crippen molar-refractivity contribution in [2.24, 2.45) is 0 Å². The Morgan fingerprint density at radius 3 is 2.19 bits per heavy atom. The van der Waals surface area contributed by atoms with Gasteiger partial charge in [-0.25, -0.2) is 0 Å². The van der Waals surface area contributed by atoms with Gasteiger partial charge in [-0.2, -0.15) is 0 Å². The lowest BCUT2D eigenvalue weighted by Crippen LogP contribution is -2.11. The van der Waals surface area contributed by atoms with Crippen LogP contribution in [-0.2, 0) is 11.8 Å². The molecule has 112 valence electrons. The highest BCUT2D eigenvalue weighted by atomic mass is 35.5. The molecular formula is C19H23ClO. The molecule has 1 N–H and O–H groups in total. The van der Waals surface area contributed by atoms with Crippen molar-refractivity contribution < 1.29 is 5.11 Å². The van der Waals surface area contributed by atoms with Gasteiger partial charge in [-0.05, 0) is 40.7 Å². The molecule has 1 nitrogen and oxygen atoms in total. The summed E-state index contributed by atoms with van der Waals surface area (Å²) in [6.45, 7) is 8.56. The Balaban J connectivity index is 2.12. The van der Waals surface area contributed by atoms with Crippen LogP contribution in [0.4, 0.5) is 0 Å². The summed E-state index contributed by atoms with van der Waals surface area (Å²) in [4.78, 5) is 0. The summed E-state index contributed by atoms with van der Waals surface area (Å²) in [5, 5.41) is 11.1. The van der Waals surface area contributed by atoms with E-state index in [1.165, 1.54) is 5.56 Å². The minimum absolute atomic E-state index is 0.154. The van der Waals surface area contributed by atoms with Crippen LogP contribution < -0.4 is 0 Å². The molecule has 2 heteroatoms. The molecule has 0 fully saturated rings. The van der Waals surface area contributed by atoms with Crippen LogP contribution in [0.1, 0.15) is 49.1 Å². The Morgan fingerprint density at radius 1 is 1.05 bits per heavy atom. The second-order valence-corrected chi connectivity index (χ2v) is 7.08. The molecular weight excluding hydrogens is 280 g/mol. The third-order valence-corrected chi connectivity index (χ3v) is 4.24. The van der Waals surface area contributed by atoms with Crippen molar-refractivity contribution in [3.8, 4) is 0 Å². The minimum atomic E-state index is -0.524. The number of hydrogen-bond donors (Lipinski definition) is 1. The maximum Gasteiger partial charge on any atom is 0.0830 e. The highest BCUT2D eigenvalue weighted by Gasteiger charge is 2.14. The van der Waals surface area contributed by atoms with E-state index >= 15 is 0 Å².